The van der Waals surface area contributed by atoms with Crippen LogP contribution in [0.25, 0.3) is 11.1 Å². The molecule has 0 saturated heterocycles. The van der Waals surface area contributed by atoms with E-state index in [2.05, 4.69) is 22.6 Å². The van der Waals surface area contributed by atoms with Crippen LogP contribution in [0.5, 0.6) is 0 Å². The fraction of sp³-hybridized carbons (Fsp3) is 0. The molecule has 0 unspecified atom stereocenters. The molecule has 0 radical (unpaired) electrons. The Labute approximate surface area is 117 Å². The van der Waals surface area contributed by atoms with Crippen molar-refractivity contribution < 1.29 is 14.7 Å². The fourth-order valence-corrected chi connectivity index (χ4v) is 2.77. The Hall–Kier alpha value is -1.69. The highest BCUT2D eigenvalue weighted by Crippen LogP contribution is 2.39. The first-order valence-electron chi connectivity index (χ1n) is 5.30. The molecule has 0 heterocycles. The minimum atomic E-state index is -1.01. The lowest BCUT2D eigenvalue weighted by atomic mass is 10.00. The third-order valence-electron chi connectivity index (χ3n) is 3.04. The van der Waals surface area contributed by atoms with Crippen molar-refractivity contribution in [1.29, 1.82) is 0 Å². The number of halogens is 1. The summed E-state index contributed by atoms with van der Waals surface area (Å²) in [6.07, 6.45) is 0. The molecule has 0 saturated carbocycles. The van der Waals surface area contributed by atoms with Crippen molar-refractivity contribution in [2.75, 3.05) is 0 Å². The number of carbonyl (C=O) groups is 2. The summed E-state index contributed by atoms with van der Waals surface area (Å²) in [5.74, 6) is -1.10. The van der Waals surface area contributed by atoms with Crippen molar-refractivity contribution in [2.24, 2.45) is 0 Å². The highest BCUT2D eigenvalue weighted by Gasteiger charge is 2.30. The molecule has 2 aromatic carbocycles. The quantitative estimate of drug-likeness (QED) is 0.686. The van der Waals surface area contributed by atoms with Crippen LogP contribution in [0.2, 0.25) is 0 Å². The lowest BCUT2D eigenvalue weighted by molar-refractivity contribution is 0.0697. The Morgan fingerprint density at radius 1 is 1.06 bits per heavy atom. The van der Waals surface area contributed by atoms with Gasteiger partial charge in [0.1, 0.15) is 0 Å². The maximum atomic E-state index is 12.2. The van der Waals surface area contributed by atoms with Crippen molar-refractivity contribution in [2.45, 2.75) is 0 Å². The molecule has 1 aliphatic rings. The number of fused-ring (bicyclic) bond motifs is 3. The van der Waals surface area contributed by atoms with E-state index in [4.69, 9.17) is 0 Å². The van der Waals surface area contributed by atoms with Gasteiger partial charge in [-0.05, 0) is 46.4 Å². The van der Waals surface area contributed by atoms with Gasteiger partial charge in [-0.25, -0.2) is 4.79 Å². The van der Waals surface area contributed by atoms with Gasteiger partial charge in [0.2, 0.25) is 0 Å². The predicted molar refractivity (Wildman–Crippen MR) is 75.0 cm³/mol. The summed E-state index contributed by atoms with van der Waals surface area (Å²) in [5.41, 5.74) is 2.51. The maximum absolute atomic E-state index is 12.2. The van der Waals surface area contributed by atoms with Gasteiger partial charge in [0.05, 0.1) is 5.56 Å². The van der Waals surface area contributed by atoms with Gasteiger partial charge < -0.3 is 5.11 Å². The molecule has 18 heavy (non-hydrogen) atoms. The highest BCUT2D eigenvalue weighted by molar-refractivity contribution is 14.1. The number of carboxylic acids is 1. The molecule has 4 heteroatoms. The van der Waals surface area contributed by atoms with E-state index >= 15 is 0 Å². The summed E-state index contributed by atoms with van der Waals surface area (Å²) in [6, 6.07) is 10.3. The fourth-order valence-electron chi connectivity index (χ4n) is 2.28. The SMILES string of the molecule is O=C(O)c1cccc2c1-c1ccc(I)cc1C2=O. The smallest absolute Gasteiger partial charge is 0.336 e. The van der Waals surface area contributed by atoms with Gasteiger partial charge in [0.25, 0.3) is 0 Å². The third kappa shape index (κ3) is 1.49. The van der Waals surface area contributed by atoms with E-state index < -0.39 is 5.97 Å². The summed E-state index contributed by atoms with van der Waals surface area (Å²) >= 11 is 2.14. The second-order valence-electron chi connectivity index (χ2n) is 4.05. The van der Waals surface area contributed by atoms with Crippen molar-refractivity contribution in [1.82, 2.24) is 0 Å². The number of ketones is 1. The standard InChI is InChI=1S/C14H7IO3/c15-7-4-5-8-11(6-7)13(16)9-2-1-3-10(12(8)9)14(17)18/h1-6H,(H,17,18). The van der Waals surface area contributed by atoms with Crippen LogP contribution in [-0.2, 0) is 0 Å². The van der Waals surface area contributed by atoms with Crippen LogP contribution in [0.3, 0.4) is 0 Å². The van der Waals surface area contributed by atoms with E-state index in [0.29, 0.717) is 22.3 Å². The van der Waals surface area contributed by atoms with Gasteiger partial charge in [-0.2, -0.15) is 0 Å². The van der Waals surface area contributed by atoms with Gasteiger partial charge in [0.15, 0.2) is 5.78 Å². The number of carbonyl (C=O) groups excluding carboxylic acids is 1. The molecule has 0 atom stereocenters. The zero-order valence-electron chi connectivity index (χ0n) is 9.11. The van der Waals surface area contributed by atoms with Crippen LogP contribution in [-0.4, -0.2) is 16.9 Å². The summed E-state index contributed by atoms with van der Waals surface area (Å²) in [5, 5.41) is 9.20. The average Bonchev–Trinajstić information content (AvgIpc) is 2.63. The van der Waals surface area contributed by atoms with Crippen LogP contribution in [0, 0.1) is 3.57 Å². The zero-order valence-corrected chi connectivity index (χ0v) is 11.3. The van der Waals surface area contributed by atoms with E-state index in [1.165, 1.54) is 6.07 Å². The van der Waals surface area contributed by atoms with E-state index in [0.717, 1.165) is 3.57 Å². The molecule has 2 aromatic rings. The third-order valence-corrected chi connectivity index (χ3v) is 3.71. The Kier molecular flexibility index (Phi) is 2.48. The zero-order chi connectivity index (χ0) is 12.9. The summed E-state index contributed by atoms with van der Waals surface area (Å²) in [6.45, 7) is 0. The Balaban J connectivity index is 2.39. The monoisotopic (exact) mass is 350 g/mol. The second kappa shape index (κ2) is 3.91. The normalized spacial score (nSPS) is 12.2. The molecular formula is C14H7IO3. The van der Waals surface area contributed by atoms with Crippen LogP contribution < -0.4 is 0 Å². The van der Waals surface area contributed by atoms with Gasteiger partial charge in [0, 0.05) is 20.3 Å². The van der Waals surface area contributed by atoms with Crippen LogP contribution >= 0.6 is 22.6 Å². The molecule has 1 N–H and O–H groups in total. The number of hydrogen-bond acceptors (Lipinski definition) is 2. The van der Waals surface area contributed by atoms with Crippen molar-refractivity contribution in [3.63, 3.8) is 0 Å². The van der Waals surface area contributed by atoms with Crippen LogP contribution in [0.15, 0.2) is 36.4 Å². The highest BCUT2D eigenvalue weighted by atomic mass is 127. The molecule has 0 bridgehead atoms. The lowest BCUT2D eigenvalue weighted by Gasteiger charge is -2.04. The first-order valence-corrected chi connectivity index (χ1v) is 6.38. The van der Waals surface area contributed by atoms with E-state index in [-0.39, 0.29) is 11.3 Å². The molecule has 0 aliphatic heterocycles. The molecule has 0 fully saturated rings. The molecular weight excluding hydrogens is 343 g/mol. The molecule has 0 amide bonds. The molecule has 3 rings (SSSR count). The van der Waals surface area contributed by atoms with E-state index in [1.54, 1.807) is 18.2 Å². The van der Waals surface area contributed by atoms with Crippen LogP contribution in [0.4, 0.5) is 0 Å². The van der Waals surface area contributed by atoms with Crippen molar-refractivity contribution >= 4 is 34.3 Å². The second-order valence-corrected chi connectivity index (χ2v) is 5.30. The lowest BCUT2D eigenvalue weighted by Crippen LogP contribution is -2.00. The van der Waals surface area contributed by atoms with Gasteiger partial charge >= 0.3 is 5.97 Å². The average molecular weight is 350 g/mol. The Morgan fingerprint density at radius 3 is 2.56 bits per heavy atom. The molecule has 0 aromatic heterocycles. The molecule has 3 nitrogen and oxygen atoms in total. The molecule has 88 valence electrons. The first kappa shape index (κ1) is 11.4. The minimum absolute atomic E-state index is 0.0957. The van der Waals surface area contributed by atoms with Gasteiger partial charge in [-0.3, -0.25) is 4.79 Å². The van der Waals surface area contributed by atoms with E-state index in [1.807, 2.05) is 12.1 Å². The molecule has 0 spiro atoms. The summed E-state index contributed by atoms with van der Waals surface area (Å²) in [7, 11) is 0. The predicted octanol–water partition coefficient (Wildman–Crippen LogP) is 3.20. The number of hydrogen-bond donors (Lipinski definition) is 1. The molecule has 1 aliphatic carbocycles. The Bertz CT molecular complexity index is 704. The van der Waals surface area contributed by atoms with Crippen molar-refractivity contribution in [3.8, 4) is 11.1 Å². The maximum Gasteiger partial charge on any atom is 0.336 e. The number of benzene rings is 2. The minimum Gasteiger partial charge on any atom is -0.478 e. The van der Waals surface area contributed by atoms with Gasteiger partial charge in [-0.1, -0.05) is 18.2 Å². The number of rotatable bonds is 1. The number of carboxylic acid groups (broad SMARTS) is 1. The summed E-state index contributed by atoms with van der Waals surface area (Å²) in [4.78, 5) is 23.5. The number of aromatic carboxylic acids is 1. The van der Waals surface area contributed by atoms with Crippen LogP contribution in [0.1, 0.15) is 26.3 Å². The van der Waals surface area contributed by atoms with Crippen molar-refractivity contribution in [3.05, 3.63) is 56.7 Å². The summed E-state index contributed by atoms with van der Waals surface area (Å²) < 4.78 is 0.962. The first-order chi connectivity index (χ1) is 8.59. The van der Waals surface area contributed by atoms with E-state index in [9.17, 15) is 14.7 Å². The van der Waals surface area contributed by atoms with Gasteiger partial charge in [-0.15, -0.1) is 0 Å². The largest absolute Gasteiger partial charge is 0.478 e. The topological polar surface area (TPSA) is 54.4 Å². The Morgan fingerprint density at radius 2 is 1.83 bits per heavy atom.